The highest BCUT2D eigenvalue weighted by molar-refractivity contribution is 5.92. The lowest BCUT2D eigenvalue weighted by atomic mass is 10.00. The van der Waals surface area contributed by atoms with Crippen molar-refractivity contribution < 1.29 is 23.9 Å². The van der Waals surface area contributed by atoms with Gasteiger partial charge in [-0.05, 0) is 60.5 Å². The van der Waals surface area contributed by atoms with Crippen molar-refractivity contribution in [2.45, 2.75) is 84.5 Å². The average molecular weight is 463 g/mol. The van der Waals surface area contributed by atoms with E-state index in [1.807, 2.05) is 26.8 Å². The van der Waals surface area contributed by atoms with E-state index in [2.05, 4.69) is 10.6 Å². The molecule has 1 aromatic carbocycles. The molecule has 0 bridgehead atoms. The zero-order valence-electron chi connectivity index (χ0n) is 20.7. The first kappa shape index (κ1) is 27.9. The number of primary amides is 1. The molecule has 0 aromatic heterocycles. The van der Waals surface area contributed by atoms with Crippen LogP contribution in [0, 0.1) is 0 Å². The summed E-state index contributed by atoms with van der Waals surface area (Å²) >= 11 is 0. The Morgan fingerprint density at radius 3 is 2.06 bits per heavy atom. The minimum absolute atomic E-state index is 0.0215. The van der Waals surface area contributed by atoms with E-state index in [-0.39, 0.29) is 25.3 Å². The minimum Gasteiger partial charge on any atom is -0.444 e. The van der Waals surface area contributed by atoms with Crippen molar-refractivity contribution in [2.75, 3.05) is 6.54 Å². The van der Waals surface area contributed by atoms with Crippen LogP contribution in [0.15, 0.2) is 30.3 Å². The second-order valence-electron chi connectivity index (χ2n) is 9.88. The van der Waals surface area contributed by atoms with Crippen molar-refractivity contribution in [3.05, 3.63) is 35.9 Å². The molecule has 0 spiro atoms. The van der Waals surface area contributed by atoms with Crippen molar-refractivity contribution in [1.82, 2.24) is 15.5 Å². The molecule has 4 amide bonds. The van der Waals surface area contributed by atoms with Gasteiger partial charge in [-0.15, -0.1) is 0 Å². The molecule has 0 aliphatic rings. The number of nitrogens with two attached hydrogens (primary N) is 1. The number of ether oxygens (including phenoxy) is 1. The van der Waals surface area contributed by atoms with Crippen LogP contribution in [-0.4, -0.2) is 52.4 Å². The molecule has 0 aliphatic heterocycles. The molecule has 2 unspecified atom stereocenters. The lowest BCUT2D eigenvalue weighted by Crippen LogP contribution is -2.54. The summed E-state index contributed by atoms with van der Waals surface area (Å²) in [5, 5.41) is 5.47. The molecule has 0 radical (unpaired) electrons. The van der Waals surface area contributed by atoms with Gasteiger partial charge < -0.3 is 26.0 Å². The van der Waals surface area contributed by atoms with E-state index in [4.69, 9.17) is 10.5 Å². The van der Waals surface area contributed by atoms with Gasteiger partial charge in [-0.1, -0.05) is 30.3 Å². The van der Waals surface area contributed by atoms with Gasteiger partial charge in [0.15, 0.2) is 0 Å². The van der Waals surface area contributed by atoms with Gasteiger partial charge in [0, 0.05) is 18.5 Å². The summed E-state index contributed by atoms with van der Waals surface area (Å²) in [6, 6.07) is 6.90. The highest BCUT2D eigenvalue weighted by atomic mass is 16.6. The molecule has 0 heterocycles. The zero-order chi connectivity index (χ0) is 25.4. The van der Waals surface area contributed by atoms with E-state index in [1.165, 1.54) is 4.90 Å². The Bertz CT molecular complexity index is 827. The number of nitrogens with one attached hydrogen (secondary N) is 2. The standard InChI is InChI=1S/C24H38N4O5/c1-8-28(19(16-12-10-9-11-13-16)20(30)27-23(2,3)4)21(31)17(14-15-18(25)29)26-22(32)33-24(5,6)7/h9-13,17,19H,8,14-15H2,1-7H3,(H2,25,29)(H,26,32)(H,27,30). The molecule has 0 saturated carbocycles. The van der Waals surface area contributed by atoms with E-state index >= 15 is 0 Å². The van der Waals surface area contributed by atoms with Crippen molar-refractivity contribution in [1.29, 1.82) is 0 Å². The Labute approximate surface area is 196 Å². The summed E-state index contributed by atoms with van der Waals surface area (Å²) in [5.41, 5.74) is 4.61. The maximum absolute atomic E-state index is 13.6. The molecular weight excluding hydrogens is 424 g/mol. The fourth-order valence-electron chi connectivity index (χ4n) is 3.21. The lowest BCUT2D eigenvalue weighted by molar-refractivity contribution is -0.143. The maximum Gasteiger partial charge on any atom is 0.408 e. The van der Waals surface area contributed by atoms with Gasteiger partial charge >= 0.3 is 6.09 Å². The van der Waals surface area contributed by atoms with E-state index < -0.39 is 41.1 Å². The quantitative estimate of drug-likeness (QED) is 0.519. The Morgan fingerprint density at radius 1 is 1.03 bits per heavy atom. The highest BCUT2D eigenvalue weighted by Crippen LogP contribution is 2.24. The third-order valence-electron chi connectivity index (χ3n) is 4.47. The summed E-state index contributed by atoms with van der Waals surface area (Å²) in [4.78, 5) is 52.0. The molecule has 0 saturated heterocycles. The topological polar surface area (TPSA) is 131 Å². The molecular formula is C24H38N4O5. The second-order valence-corrected chi connectivity index (χ2v) is 9.88. The predicted octanol–water partition coefficient (Wildman–Crippen LogP) is 2.65. The Kier molecular flexibility index (Phi) is 9.88. The highest BCUT2D eigenvalue weighted by Gasteiger charge is 2.36. The van der Waals surface area contributed by atoms with Crippen LogP contribution in [-0.2, 0) is 19.1 Å². The number of benzene rings is 1. The molecule has 0 fully saturated rings. The van der Waals surface area contributed by atoms with Crippen LogP contribution in [0.5, 0.6) is 0 Å². The Hall–Kier alpha value is -3.10. The van der Waals surface area contributed by atoms with Gasteiger partial charge in [0.05, 0.1) is 0 Å². The van der Waals surface area contributed by atoms with Gasteiger partial charge in [-0.25, -0.2) is 4.79 Å². The summed E-state index contributed by atoms with van der Waals surface area (Å²) in [5.74, 6) is -1.47. The van der Waals surface area contributed by atoms with Crippen LogP contribution in [0.25, 0.3) is 0 Å². The molecule has 33 heavy (non-hydrogen) atoms. The van der Waals surface area contributed by atoms with E-state index in [0.29, 0.717) is 5.56 Å². The summed E-state index contributed by atoms with van der Waals surface area (Å²) in [6.45, 7) is 12.6. The van der Waals surface area contributed by atoms with E-state index in [1.54, 1.807) is 52.0 Å². The van der Waals surface area contributed by atoms with Crippen molar-refractivity contribution in [2.24, 2.45) is 5.73 Å². The number of nitrogens with zero attached hydrogens (tertiary/aromatic N) is 1. The maximum atomic E-state index is 13.6. The van der Waals surface area contributed by atoms with Crippen molar-refractivity contribution in [3.63, 3.8) is 0 Å². The molecule has 184 valence electrons. The number of carbonyl (C=O) groups excluding carboxylic acids is 4. The third-order valence-corrected chi connectivity index (χ3v) is 4.47. The van der Waals surface area contributed by atoms with E-state index in [9.17, 15) is 19.2 Å². The number of likely N-dealkylation sites (N-methyl/N-ethyl adjacent to an activating group) is 1. The monoisotopic (exact) mass is 462 g/mol. The first-order valence-electron chi connectivity index (χ1n) is 11.1. The Balaban J connectivity index is 3.32. The van der Waals surface area contributed by atoms with Gasteiger partial charge in [0.1, 0.15) is 17.7 Å². The van der Waals surface area contributed by atoms with E-state index in [0.717, 1.165) is 0 Å². The SMILES string of the molecule is CCN(C(=O)C(CCC(N)=O)NC(=O)OC(C)(C)C)C(C(=O)NC(C)(C)C)c1ccccc1. The van der Waals surface area contributed by atoms with Crippen LogP contribution in [0.2, 0.25) is 0 Å². The number of carbonyl (C=O) groups is 4. The number of amides is 4. The third kappa shape index (κ3) is 9.93. The van der Waals surface area contributed by atoms with Crippen LogP contribution >= 0.6 is 0 Å². The smallest absolute Gasteiger partial charge is 0.408 e. The first-order chi connectivity index (χ1) is 15.1. The molecule has 4 N–H and O–H groups in total. The fourth-order valence-corrected chi connectivity index (χ4v) is 3.21. The molecule has 1 aromatic rings. The van der Waals surface area contributed by atoms with Crippen LogP contribution < -0.4 is 16.4 Å². The normalized spacial score (nSPS) is 13.4. The predicted molar refractivity (Wildman–Crippen MR) is 126 cm³/mol. The average Bonchev–Trinajstić information content (AvgIpc) is 2.66. The number of rotatable bonds is 9. The van der Waals surface area contributed by atoms with Crippen LogP contribution in [0.3, 0.4) is 0 Å². The van der Waals surface area contributed by atoms with Gasteiger partial charge in [0.2, 0.25) is 17.7 Å². The number of hydrogen-bond acceptors (Lipinski definition) is 5. The number of alkyl carbamates (subject to hydrolysis) is 1. The molecule has 9 nitrogen and oxygen atoms in total. The van der Waals surface area contributed by atoms with Crippen molar-refractivity contribution >= 4 is 23.8 Å². The lowest BCUT2D eigenvalue weighted by Gasteiger charge is -2.35. The van der Waals surface area contributed by atoms with Crippen LogP contribution in [0.1, 0.15) is 72.9 Å². The summed E-state index contributed by atoms with van der Waals surface area (Å²) < 4.78 is 5.28. The van der Waals surface area contributed by atoms with Crippen molar-refractivity contribution in [3.8, 4) is 0 Å². The van der Waals surface area contributed by atoms with Gasteiger partial charge in [0.25, 0.3) is 0 Å². The molecule has 2 atom stereocenters. The second kappa shape index (κ2) is 11.7. The first-order valence-corrected chi connectivity index (χ1v) is 11.1. The summed E-state index contributed by atoms with van der Waals surface area (Å²) in [6.07, 6.45) is -0.933. The van der Waals surface area contributed by atoms with Gasteiger partial charge in [-0.2, -0.15) is 0 Å². The van der Waals surface area contributed by atoms with Crippen LogP contribution in [0.4, 0.5) is 4.79 Å². The Morgan fingerprint density at radius 2 is 1.61 bits per heavy atom. The summed E-state index contributed by atoms with van der Waals surface area (Å²) in [7, 11) is 0. The largest absolute Gasteiger partial charge is 0.444 e. The molecule has 9 heteroatoms. The molecule has 1 rings (SSSR count). The minimum atomic E-state index is -1.10. The number of hydrogen-bond donors (Lipinski definition) is 3. The fraction of sp³-hybridized carbons (Fsp3) is 0.583. The zero-order valence-corrected chi connectivity index (χ0v) is 20.7. The molecule has 0 aliphatic carbocycles. The van der Waals surface area contributed by atoms with Gasteiger partial charge in [-0.3, -0.25) is 14.4 Å².